The highest BCUT2D eigenvalue weighted by molar-refractivity contribution is 6.29. The second-order valence-corrected chi connectivity index (χ2v) is 8.40. The molecule has 0 aromatic carbocycles. The van der Waals surface area contributed by atoms with Crippen LogP contribution in [0.4, 0.5) is 4.79 Å². The summed E-state index contributed by atoms with van der Waals surface area (Å²) < 4.78 is 6.88. The van der Waals surface area contributed by atoms with Gasteiger partial charge in [0.2, 0.25) is 0 Å². The fourth-order valence-corrected chi connectivity index (χ4v) is 5.19. The molecule has 4 rings (SSSR count). The van der Waals surface area contributed by atoms with E-state index in [2.05, 4.69) is 9.88 Å². The first-order chi connectivity index (χ1) is 12.0. The number of hydrogen-bond donors (Lipinski definition) is 0. The maximum Gasteiger partial charge on any atom is 0.409 e. The number of ether oxygens (including phenoxy) is 1. The van der Waals surface area contributed by atoms with Gasteiger partial charge in [-0.1, -0.05) is 11.6 Å². The first-order valence-electron chi connectivity index (χ1n) is 9.25. The molecule has 1 spiro atoms. The highest BCUT2D eigenvalue weighted by Crippen LogP contribution is 2.51. The largest absolute Gasteiger partial charge is 0.453 e. The van der Waals surface area contributed by atoms with E-state index in [1.54, 1.807) is 6.20 Å². The zero-order chi connectivity index (χ0) is 17.6. The maximum absolute atomic E-state index is 11.7. The molecule has 138 valence electrons. The molecule has 0 unspecified atom stereocenters. The van der Waals surface area contributed by atoms with Crippen LogP contribution in [0.5, 0.6) is 0 Å². The summed E-state index contributed by atoms with van der Waals surface area (Å²) in [6, 6.07) is 0.684. The maximum atomic E-state index is 11.7. The molecule has 1 aromatic rings. The van der Waals surface area contributed by atoms with Gasteiger partial charge in [0.05, 0.1) is 13.3 Å². The summed E-state index contributed by atoms with van der Waals surface area (Å²) in [6.45, 7) is 3.99. The van der Waals surface area contributed by atoms with E-state index >= 15 is 0 Å². The SMILES string of the molecule is COC(=O)N1CCC2(CC(N3CCC(c4ncc(Cl)n4C)CC3)C2)C1. The van der Waals surface area contributed by atoms with Crippen molar-refractivity contribution in [3.63, 3.8) is 0 Å². The number of aromatic nitrogens is 2. The lowest BCUT2D eigenvalue weighted by Gasteiger charge is -2.51. The van der Waals surface area contributed by atoms with E-state index in [-0.39, 0.29) is 6.09 Å². The van der Waals surface area contributed by atoms with Gasteiger partial charge < -0.3 is 19.1 Å². The molecular weight excluding hydrogens is 340 g/mol. The Morgan fingerprint density at radius 2 is 2.04 bits per heavy atom. The number of likely N-dealkylation sites (tertiary alicyclic amines) is 2. The van der Waals surface area contributed by atoms with Crippen LogP contribution in [0.25, 0.3) is 0 Å². The summed E-state index contributed by atoms with van der Waals surface area (Å²) in [4.78, 5) is 20.7. The average molecular weight is 367 g/mol. The summed E-state index contributed by atoms with van der Waals surface area (Å²) in [5.41, 5.74) is 0.350. The molecule has 7 heteroatoms. The number of halogens is 1. The predicted molar refractivity (Wildman–Crippen MR) is 95.8 cm³/mol. The van der Waals surface area contributed by atoms with E-state index < -0.39 is 0 Å². The normalized spacial score (nSPS) is 30.7. The Morgan fingerprint density at radius 1 is 1.32 bits per heavy atom. The van der Waals surface area contributed by atoms with E-state index in [4.69, 9.17) is 16.3 Å². The zero-order valence-electron chi connectivity index (χ0n) is 15.1. The molecule has 3 aliphatic rings. The number of nitrogens with zero attached hydrogens (tertiary/aromatic N) is 4. The van der Waals surface area contributed by atoms with E-state index in [1.165, 1.54) is 20.0 Å². The standard InChI is InChI=1S/C18H27ClN4O2/c1-21-15(19)11-20-16(21)13-3-6-22(7-4-13)14-9-18(10-14)5-8-23(12-18)17(24)25-2/h11,13-14H,3-10,12H2,1-2H3. The summed E-state index contributed by atoms with van der Waals surface area (Å²) >= 11 is 6.13. The number of amides is 1. The summed E-state index contributed by atoms with van der Waals surface area (Å²) in [5.74, 6) is 1.64. The average Bonchev–Trinajstić information content (AvgIpc) is 3.18. The topological polar surface area (TPSA) is 50.6 Å². The van der Waals surface area contributed by atoms with E-state index in [9.17, 15) is 4.79 Å². The lowest BCUT2D eigenvalue weighted by Crippen LogP contribution is -2.54. The second-order valence-electron chi connectivity index (χ2n) is 8.01. The molecule has 0 radical (unpaired) electrons. The lowest BCUT2D eigenvalue weighted by molar-refractivity contribution is -0.00476. The van der Waals surface area contributed by atoms with Crippen LogP contribution in [0.2, 0.25) is 5.15 Å². The number of carbonyl (C=O) groups excluding carboxylic acids is 1. The molecule has 1 amide bonds. The lowest BCUT2D eigenvalue weighted by atomic mass is 9.64. The quantitative estimate of drug-likeness (QED) is 0.807. The molecule has 0 bridgehead atoms. The Morgan fingerprint density at radius 3 is 2.64 bits per heavy atom. The van der Waals surface area contributed by atoms with E-state index in [0.29, 0.717) is 17.4 Å². The zero-order valence-corrected chi connectivity index (χ0v) is 15.8. The number of hydrogen-bond acceptors (Lipinski definition) is 4. The van der Waals surface area contributed by atoms with Gasteiger partial charge in [0, 0.05) is 32.1 Å². The van der Waals surface area contributed by atoms with Gasteiger partial charge in [0.15, 0.2) is 0 Å². The molecule has 0 N–H and O–H groups in total. The van der Waals surface area contributed by atoms with Crippen molar-refractivity contribution >= 4 is 17.7 Å². The van der Waals surface area contributed by atoms with Gasteiger partial charge in [0.1, 0.15) is 11.0 Å². The molecule has 0 atom stereocenters. The van der Waals surface area contributed by atoms with E-state index in [0.717, 1.165) is 56.4 Å². The Balaban J connectivity index is 1.28. The molecule has 3 fully saturated rings. The first kappa shape index (κ1) is 17.2. The van der Waals surface area contributed by atoms with Gasteiger partial charge in [-0.05, 0) is 50.6 Å². The van der Waals surface area contributed by atoms with Gasteiger partial charge >= 0.3 is 6.09 Å². The van der Waals surface area contributed by atoms with Crippen LogP contribution >= 0.6 is 11.6 Å². The minimum Gasteiger partial charge on any atom is -0.453 e. The van der Waals surface area contributed by atoms with Crippen molar-refractivity contribution in [2.24, 2.45) is 12.5 Å². The molecule has 25 heavy (non-hydrogen) atoms. The van der Waals surface area contributed by atoms with Crippen LogP contribution < -0.4 is 0 Å². The van der Waals surface area contributed by atoms with Crippen molar-refractivity contribution in [3.8, 4) is 0 Å². The molecule has 2 aliphatic heterocycles. The number of rotatable bonds is 2. The van der Waals surface area contributed by atoms with Crippen molar-refractivity contribution < 1.29 is 9.53 Å². The van der Waals surface area contributed by atoms with Gasteiger partial charge in [-0.2, -0.15) is 0 Å². The minimum absolute atomic E-state index is 0.171. The Labute approximate surface area is 154 Å². The molecule has 6 nitrogen and oxygen atoms in total. The molecule has 2 saturated heterocycles. The van der Waals surface area contributed by atoms with Crippen LogP contribution in [-0.2, 0) is 11.8 Å². The van der Waals surface area contributed by atoms with Gasteiger partial charge in [-0.15, -0.1) is 0 Å². The fourth-order valence-electron chi connectivity index (χ4n) is 5.06. The van der Waals surface area contributed by atoms with Crippen LogP contribution in [0, 0.1) is 5.41 Å². The summed E-state index contributed by atoms with van der Waals surface area (Å²) in [6.07, 6.45) is 7.46. The number of imidazole rings is 1. The second kappa shape index (κ2) is 6.47. The van der Waals surface area contributed by atoms with Crippen molar-refractivity contribution in [3.05, 3.63) is 17.2 Å². The highest BCUT2D eigenvalue weighted by atomic mass is 35.5. The minimum atomic E-state index is -0.171. The van der Waals surface area contributed by atoms with Gasteiger partial charge in [-0.25, -0.2) is 9.78 Å². The summed E-state index contributed by atoms with van der Waals surface area (Å²) in [7, 11) is 3.47. The van der Waals surface area contributed by atoms with Crippen LogP contribution in [-0.4, -0.2) is 64.8 Å². The third kappa shape index (κ3) is 3.04. The first-order valence-corrected chi connectivity index (χ1v) is 9.63. The Hall–Kier alpha value is -1.27. The van der Waals surface area contributed by atoms with Crippen molar-refractivity contribution in [1.82, 2.24) is 19.4 Å². The fraction of sp³-hybridized carbons (Fsp3) is 0.778. The predicted octanol–water partition coefficient (Wildman–Crippen LogP) is 2.87. The molecule has 3 heterocycles. The van der Waals surface area contributed by atoms with Crippen molar-refractivity contribution in [2.75, 3.05) is 33.3 Å². The summed E-state index contributed by atoms with van der Waals surface area (Å²) in [5, 5.41) is 0.717. The Bertz CT molecular complexity index is 648. The van der Waals surface area contributed by atoms with E-state index in [1.807, 2.05) is 16.5 Å². The molecule has 1 saturated carbocycles. The third-order valence-electron chi connectivity index (χ3n) is 6.59. The van der Waals surface area contributed by atoms with Crippen molar-refractivity contribution in [2.45, 2.75) is 44.1 Å². The van der Waals surface area contributed by atoms with Crippen LogP contribution in [0.15, 0.2) is 6.20 Å². The smallest absolute Gasteiger partial charge is 0.409 e. The van der Waals surface area contributed by atoms with Crippen molar-refractivity contribution in [1.29, 1.82) is 0 Å². The monoisotopic (exact) mass is 366 g/mol. The third-order valence-corrected chi connectivity index (χ3v) is 6.94. The number of piperidine rings is 1. The molecule has 1 aliphatic carbocycles. The van der Waals surface area contributed by atoms with Gasteiger partial charge in [0.25, 0.3) is 0 Å². The Kier molecular flexibility index (Phi) is 4.44. The van der Waals surface area contributed by atoms with Crippen LogP contribution in [0.1, 0.15) is 43.8 Å². The highest BCUT2D eigenvalue weighted by Gasteiger charge is 2.51. The number of carbonyl (C=O) groups is 1. The van der Waals surface area contributed by atoms with Gasteiger partial charge in [-0.3, -0.25) is 0 Å². The number of methoxy groups -OCH3 is 1. The molecular formula is C18H27ClN4O2. The van der Waals surface area contributed by atoms with Crippen LogP contribution in [0.3, 0.4) is 0 Å². The molecule has 1 aromatic heterocycles.